The molecule has 4 N–H and O–H groups in total. The molecule has 0 aromatic carbocycles. The molecular weight excluding hydrogens is 572 g/mol. The van der Waals surface area contributed by atoms with Gasteiger partial charge in [-0.05, 0) is 78.9 Å². The number of esters is 2. The van der Waals surface area contributed by atoms with E-state index < -0.39 is 71.0 Å². The Hall–Kier alpha value is -1.48. The zero-order valence-electron chi connectivity index (χ0n) is 29.4. The van der Waals surface area contributed by atoms with Crippen LogP contribution < -0.4 is 0 Å². The number of aliphatic hydroxyl groups excluding tert-OH is 4. The second-order valence-electron chi connectivity index (χ2n) is 17.6. The minimum atomic E-state index is -1.47. The van der Waals surface area contributed by atoms with Gasteiger partial charge in [-0.25, -0.2) is 0 Å². The summed E-state index contributed by atoms with van der Waals surface area (Å²) in [5, 5.41) is 47.4. The number of aliphatic hydroxyl groups is 4. The van der Waals surface area contributed by atoms with Gasteiger partial charge in [0.05, 0.1) is 36.3 Å². The fourth-order valence-electron chi connectivity index (χ4n) is 11.9. The third kappa shape index (κ3) is 4.50. The minimum absolute atomic E-state index is 0.0580. The van der Waals surface area contributed by atoms with Gasteiger partial charge < -0.3 is 29.9 Å². The van der Waals surface area contributed by atoms with E-state index in [2.05, 4.69) is 40.7 Å². The van der Waals surface area contributed by atoms with Crippen LogP contribution in [0.4, 0.5) is 0 Å². The van der Waals surface area contributed by atoms with Crippen molar-refractivity contribution in [2.45, 2.75) is 145 Å². The smallest absolute Gasteiger partial charge is 0.309 e. The van der Waals surface area contributed by atoms with Gasteiger partial charge in [-0.15, -0.1) is 0 Å². The highest BCUT2D eigenvalue weighted by molar-refractivity contribution is 5.72. The molecule has 0 saturated heterocycles. The second kappa shape index (κ2) is 11.0. The Morgan fingerprint density at radius 3 is 2.16 bits per heavy atom. The normalized spacial score (nSPS) is 48.8. The molecule has 4 saturated carbocycles. The molecule has 5 aliphatic carbocycles. The van der Waals surface area contributed by atoms with Crippen LogP contribution in [0.2, 0.25) is 0 Å². The van der Waals surface area contributed by atoms with Crippen LogP contribution >= 0.6 is 0 Å². The molecule has 0 radical (unpaired) electrons. The molecule has 0 amide bonds. The van der Waals surface area contributed by atoms with Gasteiger partial charge in [-0.3, -0.25) is 9.59 Å². The summed E-state index contributed by atoms with van der Waals surface area (Å²) in [5.41, 5.74) is -2.58. The van der Waals surface area contributed by atoms with E-state index in [-0.39, 0.29) is 28.3 Å². The number of hydrogen-bond donors (Lipinski definition) is 4. The first-order chi connectivity index (χ1) is 20.7. The molecule has 0 unspecified atom stereocenters. The Morgan fingerprint density at radius 1 is 0.933 bits per heavy atom. The second-order valence-corrected chi connectivity index (χ2v) is 17.6. The van der Waals surface area contributed by atoms with Gasteiger partial charge in [0, 0.05) is 17.8 Å². The lowest BCUT2D eigenvalue weighted by Crippen LogP contribution is -2.76. The molecule has 256 valence electrons. The van der Waals surface area contributed by atoms with E-state index >= 15 is 0 Å². The van der Waals surface area contributed by atoms with Crippen LogP contribution in [0.25, 0.3) is 0 Å². The highest BCUT2D eigenvalue weighted by Crippen LogP contribution is 2.76. The number of fused-ring (bicyclic) bond motifs is 7. The lowest BCUT2D eigenvalue weighted by Gasteiger charge is -2.73. The molecule has 5 rings (SSSR count). The van der Waals surface area contributed by atoms with E-state index in [0.29, 0.717) is 18.8 Å². The molecular formula is C37H60O8. The van der Waals surface area contributed by atoms with Crippen molar-refractivity contribution in [3.63, 3.8) is 0 Å². The van der Waals surface area contributed by atoms with E-state index in [1.54, 1.807) is 6.92 Å². The van der Waals surface area contributed by atoms with Crippen molar-refractivity contribution < 1.29 is 39.5 Å². The highest BCUT2D eigenvalue weighted by atomic mass is 16.6. The summed E-state index contributed by atoms with van der Waals surface area (Å²) in [6, 6.07) is 0. The predicted molar refractivity (Wildman–Crippen MR) is 171 cm³/mol. The van der Waals surface area contributed by atoms with Crippen LogP contribution in [0.1, 0.15) is 114 Å². The Kier molecular flexibility index (Phi) is 8.54. The largest absolute Gasteiger partial charge is 0.458 e. The topological polar surface area (TPSA) is 134 Å². The summed E-state index contributed by atoms with van der Waals surface area (Å²) >= 11 is 0. The van der Waals surface area contributed by atoms with Crippen molar-refractivity contribution in [2.24, 2.45) is 56.2 Å². The fraction of sp³-hybridized carbons (Fsp3) is 0.892. The van der Waals surface area contributed by atoms with Crippen molar-refractivity contribution in [3.05, 3.63) is 11.6 Å². The van der Waals surface area contributed by atoms with E-state index in [4.69, 9.17) is 9.47 Å². The number of carbonyl (C=O) groups is 2. The number of rotatable bonds is 5. The van der Waals surface area contributed by atoms with Crippen molar-refractivity contribution in [1.29, 1.82) is 0 Å². The van der Waals surface area contributed by atoms with Crippen molar-refractivity contribution in [2.75, 3.05) is 6.61 Å². The number of hydrogen-bond acceptors (Lipinski definition) is 8. The predicted octanol–water partition coefficient (Wildman–Crippen LogP) is 5.19. The highest BCUT2D eigenvalue weighted by Gasteiger charge is 2.76. The monoisotopic (exact) mass is 632 g/mol. The molecule has 4 fully saturated rings. The molecule has 0 heterocycles. The lowest BCUT2D eigenvalue weighted by atomic mass is 9.32. The molecule has 45 heavy (non-hydrogen) atoms. The third-order valence-corrected chi connectivity index (χ3v) is 15.0. The van der Waals surface area contributed by atoms with Crippen LogP contribution in [0.5, 0.6) is 0 Å². The first kappa shape index (κ1) is 34.8. The van der Waals surface area contributed by atoms with Crippen LogP contribution in [-0.4, -0.2) is 69.5 Å². The molecule has 0 aliphatic heterocycles. The Balaban J connectivity index is 1.68. The van der Waals surface area contributed by atoms with Crippen molar-refractivity contribution >= 4 is 11.9 Å². The van der Waals surface area contributed by atoms with E-state index in [0.717, 1.165) is 37.7 Å². The zero-order valence-corrected chi connectivity index (χ0v) is 29.4. The lowest BCUT2D eigenvalue weighted by molar-refractivity contribution is -0.293. The van der Waals surface area contributed by atoms with Gasteiger partial charge in [0.2, 0.25) is 0 Å². The van der Waals surface area contributed by atoms with Crippen molar-refractivity contribution in [1.82, 2.24) is 0 Å². The molecule has 0 spiro atoms. The molecule has 13 atom stereocenters. The van der Waals surface area contributed by atoms with Gasteiger partial charge in [0.1, 0.15) is 6.10 Å². The van der Waals surface area contributed by atoms with E-state index in [1.807, 2.05) is 20.8 Å². The van der Waals surface area contributed by atoms with Gasteiger partial charge in [-0.2, -0.15) is 0 Å². The summed E-state index contributed by atoms with van der Waals surface area (Å²) in [7, 11) is 0. The maximum Gasteiger partial charge on any atom is 0.309 e. The Bertz CT molecular complexity index is 1220. The molecule has 8 nitrogen and oxygen atoms in total. The average Bonchev–Trinajstić information content (AvgIpc) is 2.96. The molecule has 0 aromatic rings. The number of allylic oxidation sites excluding steroid dienone is 1. The number of ether oxygens (including phenoxy) is 2. The van der Waals surface area contributed by atoms with Crippen LogP contribution in [0.3, 0.4) is 0 Å². The first-order valence-electron chi connectivity index (χ1n) is 17.4. The molecule has 8 heteroatoms. The van der Waals surface area contributed by atoms with Gasteiger partial charge in [0.25, 0.3) is 0 Å². The molecule has 5 aliphatic rings. The third-order valence-electron chi connectivity index (χ3n) is 15.0. The van der Waals surface area contributed by atoms with Crippen LogP contribution in [0.15, 0.2) is 11.6 Å². The summed E-state index contributed by atoms with van der Waals surface area (Å²) in [6.45, 7) is 19.6. The van der Waals surface area contributed by atoms with Gasteiger partial charge in [-0.1, -0.05) is 74.0 Å². The average molecular weight is 633 g/mol. The SMILES string of the molecule is CC[C@H](C)C(=O)O[C@H]1[C@H](OC(C)=O)C(C)(C)C[C@H]2C3=CC[C@@H]4[C@@]5(C)CC[C@H](O)C(C)(C)[C@@H]5CC[C@@]4(C)[C@]3(C)[C@@H](O)[C@@H](O)[C@]21CO. The maximum atomic E-state index is 13.4. The summed E-state index contributed by atoms with van der Waals surface area (Å²) in [4.78, 5) is 25.9. The van der Waals surface area contributed by atoms with Crippen LogP contribution in [0, 0.1) is 56.2 Å². The Labute approximate surface area is 270 Å². The van der Waals surface area contributed by atoms with E-state index in [1.165, 1.54) is 6.92 Å². The van der Waals surface area contributed by atoms with Gasteiger partial charge >= 0.3 is 11.9 Å². The standard InChI is InChI=1S/C37H60O8/c1-11-20(2)31(43)45-30-29(44-21(3)39)32(4,5)18-23-22-12-13-25-34(8)16-15-26(40)33(6,7)24(34)14-17-35(25,9)36(22,10)27(41)28(42)37(23,30)19-38/h12,20,23-30,38,40-42H,11,13-19H2,1-10H3/t20-,23-,24-,25+,26-,27-,28+,29-,30-,34-,35+,36-,37-/m0/s1. The van der Waals surface area contributed by atoms with Gasteiger partial charge in [0.15, 0.2) is 6.10 Å². The summed E-state index contributed by atoms with van der Waals surface area (Å²) in [6.07, 6.45) is 2.40. The van der Waals surface area contributed by atoms with Crippen molar-refractivity contribution in [3.8, 4) is 0 Å². The molecule has 0 aromatic heterocycles. The first-order valence-corrected chi connectivity index (χ1v) is 17.4. The van der Waals surface area contributed by atoms with E-state index in [9.17, 15) is 30.0 Å². The quantitative estimate of drug-likeness (QED) is 0.240. The summed E-state index contributed by atoms with van der Waals surface area (Å²) < 4.78 is 12.1. The summed E-state index contributed by atoms with van der Waals surface area (Å²) in [5.74, 6) is -1.31. The minimum Gasteiger partial charge on any atom is -0.458 e. The maximum absolute atomic E-state index is 13.4. The Morgan fingerprint density at radius 2 is 1.58 bits per heavy atom. The van der Waals surface area contributed by atoms with Crippen LogP contribution in [-0.2, 0) is 19.1 Å². The number of carbonyl (C=O) groups excluding carboxylic acids is 2. The molecule has 0 bridgehead atoms. The fourth-order valence-corrected chi connectivity index (χ4v) is 11.9. The zero-order chi connectivity index (χ0) is 33.7.